The van der Waals surface area contributed by atoms with Gasteiger partial charge >= 0.3 is 0 Å². The predicted octanol–water partition coefficient (Wildman–Crippen LogP) is 2.32. The maximum atomic E-state index is 12.7. The van der Waals surface area contributed by atoms with Crippen LogP contribution in [0, 0.1) is 0 Å². The van der Waals surface area contributed by atoms with Gasteiger partial charge in [-0.2, -0.15) is 5.10 Å². The van der Waals surface area contributed by atoms with Crippen LogP contribution in [-0.2, 0) is 0 Å². The molecule has 128 valence electrons. The first-order valence-corrected chi connectivity index (χ1v) is 8.70. The summed E-state index contributed by atoms with van der Waals surface area (Å²) >= 11 is 0. The molecule has 4 rings (SSSR count). The average Bonchev–Trinajstić information content (AvgIpc) is 2.98. The lowest BCUT2D eigenvalue weighted by Gasteiger charge is -2.47. The molecule has 2 bridgehead atoms. The van der Waals surface area contributed by atoms with Gasteiger partial charge in [0, 0.05) is 23.5 Å². The topological polar surface area (TPSA) is 70.2 Å². The standard InChI is InChI=1S/C18H24N4O2/c1-22-12-4-3-5-13(22)9-11(8-12)19-18(23)17-15-10-14(24-2)6-7-16(15)20-21-17/h6-7,10-13H,3-5,8-9H2,1-2H3,(H,19,23)(H,20,21)/t11-,12+,13-. The third-order valence-electron chi connectivity index (χ3n) is 5.66. The Morgan fingerprint density at radius 3 is 2.79 bits per heavy atom. The van der Waals surface area contributed by atoms with E-state index in [1.807, 2.05) is 18.2 Å². The van der Waals surface area contributed by atoms with Crippen molar-refractivity contribution in [2.24, 2.45) is 0 Å². The van der Waals surface area contributed by atoms with Crippen molar-refractivity contribution in [1.29, 1.82) is 0 Å². The zero-order valence-corrected chi connectivity index (χ0v) is 14.2. The fourth-order valence-electron chi connectivity index (χ4n) is 4.28. The number of carbonyl (C=O) groups excluding carboxylic acids is 1. The smallest absolute Gasteiger partial charge is 0.272 e. The van der Waals surface area contributed by atoms with Crippen LogP contribution in [0.2, 0.25) is 0 Å². The number of hydrogen-bond acceptors (Lipinski definition) is 4. The Morgan fingerprint density at radius 1 is 1.33 bits per heavy atom. The fourth-order valence-corrected chi connectivity index (χ4v) is 4.28. The first kappa shape index (κ1) is 15.4. The summed E-state index contributed by atoms with van der Waals surface area (Å²) in [5, 5.41) is 11.2. The molecule has 6 heteroatoms. The number of aromatic amines is 1. The Morgan fingerprint density at radius 2 is 2.08 bits per heavy atom. The monoisotopic (exact) mass is 328 g/mol. The number of methoxy groups -OCH3 is 1. The lowest BCUT2D eigenvalue weighted by molar-refractivity contribution is 0.0462. The Labute approximate surface area is 141 Å². The molecule has 0 spiro atoms. The van der Waals surface area contributed by atoms with Crippen molar-refractivity contribution in [1.82, 2.24) is 20.4 Å². The molecular formula is C18H24N4O2. The molecule has 24 heavy (non-hydrogen) atoms. The Bertz CT molecular complexity index is 743. The molecule has 3 atom stereocenters. The highest BCUT2D eigenvalue weighted by atomic mass is 16.5. The van der Waals surface area contributed by atoms with Crippen molar-refractivity contribution in [3.05, 3.63) is 23.9 Å². The van der Waals surface area contributed by atoms with E-state index in [2.05, 4.69) is 27.5 Å². The molecule has 0 aliphatic carbocycles. The van der Waals surface area contributed by atoms with Gasteiger partial charge in [0.25, 0.3) is 5.91 Å². The molecule has 2 fully saturated rings. The second-order valence-electron chi connectivity index (χ2n) is 7.03. The van der Waals surface area contributed by atoms with Crippen LogP contribution in [0.4, 0.5) is 0 Å². The van der Waals surface area contributed by atoms with E-state index in [1.54, 1.807) is 7.11 Å². The van der Waals surface area contributed by atoms with Gasteiger partial charge in [0.15, 0.2) is 5.69 Å². The van der Waals surface area contributed by atoms with Gasteiger partial charge in [-0.05, 0) is 50.9 Å². The Balaban J connectivity index is 1.52. The molecule has 6 nitrogen and oxygen atoms in total. The van der Waals surface area contributed by atoms with Gasteiger partial charge in [-0.1, -0.05) is 6.42 Å². The molecule has 0 radical (unpaired) electrons. The number of H-pyrrole nitrogens is 1. The molecule has 1 aromatic carbocycles. The summed E-state index contributed by atoms with van der Waals surface area (Å²) in [5.41, 5.74) is 1.30. The van der Waals surface area contributed by atoms with Crippen LogP contribution in [-0.4, -0.2) is 53.3 Å². The molecule has 2 saturated heterocycles. The highest BCUT2D eigenvalue weighted by Crippen LogP contribution is 2.33. The fraction of sp³-hybridized carbons (Fsp3) is 0.556. The number of piperidine rings is 2. The summed E-state index contributed by atoms with van der Waals surface area (Å²) in [7, 11) is 3.85. The molecule has 0 unspecified atom stereocenters. The summed E-state index contributed by atoms with van der Waals surface area (Å²) in [6.45, 7) is 0. The van der Waals surface area contributed by atoms with Gasteiger partial charge in [-0.3, -0.25) is 9.89 Å². The predicted molar refractivity (Wildman–Crippen MR) is 92.3 cm³/mol. The van der Waals surface area contributed by atoms with Crippen LogP contribution in [0.1, 0.15) is 42.6 Å². The maximum absolute atomic E-state index is 12.7. The van der Waals surface area contributed by atoms with Crippen molar-refractivity contribution in [3.63, 3.8) is 0 Å². The number of fused-ring (bicyclic) bond motifs is 3. The van der Waals surface area contributed by atoms with Gasteiger partial charge < -0.3 is 15.0 Å². The van der Waals surface area contributed by atoms with Crippen molar-refractivity contribution in [2.45, 2.75) is 50.2 Å². The second-order valence-corrected chi connectivity index (χ2v) is 7.03. The molecule has 2 aliphatic rings. The van der Waals surface area contributed by atoms with Crippen LogP contribution in [0.15, 0.2) is 18.2 Å². The second kappa shape index (κ2) is 6.09. The number of nitrogens with zero attached hydrogens (tertiary/aromatic N) is 2. The summed E-state index contributed by atoms with van der Waals surface area (Å²) < 4.78 is 5.26. The van der Waals surface area contributed by atoms with Gasteiger partial charge in [-0.15, -0.1) is 0 Å². The number of nitrogens with one attached hydrogen (secondary N) is 2. The minimum absolute atomic E-state index is 0.0953. The van der Waals surface area contributed by atoms with E-state index in [1.165, 1.54) is 19.3 Å². The number of ether oxygens (including phenoxy) is 1. The van der Waals surface area contributed by atoms with Crippen molar-refractivity contribution < 1.29 is 9.53 Å². The van der Waals surface area contributed by atoms with Crippen LogP contribution >= 0.6 is 0 Å². The van der Waals surface area contributed by atoms with Crippen molar-refractivity contribution >= 4 is 16.8 Å². The van der Waals surface area contributed by atoms with Crippen LogP contribution < -0.4 is 10.1 Å². The summed E-state index contributed by atoms with van der Waals surface area (Å²) in [5.74, 6) is 0.633. The first-order valence-electron chi connectivity index (χ1n) is 8.70. The minimum atomic E-state index is -0.0953. The normalized spacial score (nSPS) is 27.2. The highest BCUT2D eigenvalue weighted by molar-refractivity contribution is 6.05. The van der Waals surface area contributed by atoms with Gasteiger partial charge in [0.2, 0.25) is 0 Å². The SMILES string of the molecule is COc1ccc2[nH]nc(C(=O)N[C@H]3C[C@H]4CCC[C@@H](C3)N4C)c2c1. The van der Waals surface area contributed by atoms with Crippen LogP contribution in [0.25, 0.3) is 10.9 Å². The highest BCUT2D eigenvalue weighted by Gasteiger charge is 2.36. The number of carbonyl (C=O) groups is 1. The molecule has 2 aromatic rings. The maximum Gasteiger partial charge on any atom is 0.272 e. The number of rotatable bonds is 3. The average molecular weight is 328 g/mol. The molecule has 1 amide bonds. The summed E-state index contributed by atoms with van der Waals surface area (Å²) in [6.07, 6.45) is 5.85. The van der Waals surface area contributed by atoms with E-state index in [0.717, 1.165) is 29.5 Å². The number of hydrogen-bond donors (Lipinski definition) is 2. The van der Waals surface area contributed by atoms with Crippen LogP contribution in [0.5, 0.6) is 5.75 Å². The first-order chi connectivity index (χ1) is 11.7. The van der Waals surface area contributed by atoms with Crippen LogP contribution in [0.3, 0.4) is 0 Å². The molecule has 2 N–H and O–H groups in total. The van der Waals surface area contributed by atoms with E-state index >= 15 is 0 Å². The number of amides is 1. The van der Waals surface area contributed by atoms with E-state index < -0.39 is 0 Å². The lowest BCUT2D eigenvalue weighted by atomic mass is 9.82. The quantitative estimate of drug-likeness (QED) is 0.907. The summed E-state index contributed by atoms with van der Waals surface area (Å²) in [6, 6.07) is 7.04. The van der Waals surface area contributed by atoms with E-state index in [4.69, 9.17) is 4.74 Å². The van der Waals surface area contributed by atoms with E-state index in [-0.39, 0.29) is 11.9 Å². The third kappa shape index (κ3) is 2.65. The third-order valence-corrected chi connectivity index (χ3v) is 5.66. The molecule has 3 heterocycles. The van der Waals surface area contributed by atoms with Crippen molar-refractivity contribution in [3.8, 4) is 5.75 Å². The van der Waals surface area contributed by atoms with Gasteiger partial charge in [0.1, 0.15) is 5.75 Å². The Hall–Kier alpha value is -2.08. The van der Waals surface area contributed by atoms with Gasteiger partial charge in [-0.25, -0.2) is 0 Å². The van der Waals surface area contributed by atoms with E-state index in [9.17, 15) is 4.79 Å². The molecule has 2 aliphatic heterocycles. The summed E-state index contributed by atoms with van der Waals surface area (Å²) in [4.78, 5) is 15.2. The lowest BCUT2D eigenvalue weighted by Crippen LogP contribution is -2.55. The number of aromatic nitrogens is 2. The van der Waals surface area contributed by atoms with Gasteiger partial charge in [0.05, 0.1) is 12.6 Å². The minimum Gasteiger partial charge on any atom is -0.497 e. The molecule has 1 aromatic heterocycles. The zero-order valence-electron chi connectivity index (χ0n) is 14.2. The molecule has 0 saturated carbocycles. The van der Waals surface area contributed by atoms with E-state index in [0.29, 0.717) is 17.8 Å². The Kier molecular flexibility index (Phi) is 3.92. The number of benzene rings is 1. The largest absolute Gasteiger partial charge is 0.497 e. The molecular weight excluding hydrogens is 304 g/mol. The van der Waals surface area contributed by atoms with Crippen molar-refractivity contribution in [2.75, 3.05) is 14.2 Å². The zero-order chi connectivity index (χ0) is 16.7.